The lowest BCUT2D eigenvalue weighted by Gasteiger charge is -2.16. The van der Waals surface area contributed by atoms with E-state index in [1.807, 2.05) is 0 Å². The monoisotopic (exact) mass is 338 g/mol. The summed E-state index contributed by atoms with van der Waals surface area (Å²) in [6.07, 6.45) is 3.71. The molecule has 0 spiro atoms. The summed E-state index contributed by atoms with van der Waals surface area (Å²) in [5.41, 5.74) is 3.45. The molecule has 2 aromatic heterocycles. The zero-order chi connectivity index (χ0) is 17.6. The number of rotatable bonds is 5. The van der Waals surface area contributed by atoms with Gasteiger partial charge in [-0.05, 0) is 29.9 Å². The van der Waals surface area contributed by atoms with Gasteiger partial charge in [0.05, 0.1) is 5.52 Å². The number of aromatic carboxylic acids is 1. The van der Waals surface area contributed by atoms with Crippen LogP contribution in [0.4, 0.5) is 0 Å². The maximum absolute atomic E-state index is 12.6. The van der Waals surface area contributed by atoms with Crippen molar-refractivity contribution >= 4 is 23.0 Å². The Labute approximate surface area is 144 Å². The minimum absolute atomic E-state index is 0.0207. The summed E-state index contributed by atoms with van der Waals surface area (Å²) >= 11 is 0. The molecule has 0 aliphatic heterocycles. The number of benzene rings is 1. The van der Waals surface area contributed by atoms with E-state index >= 15 is 0 Å². The normalized spacial score (nSPS) is 14.0. The second kappa shape index (κ2) is 5.81. The third-order valence-corrected chi connectivity index (χ3v) is 4.61. The first-order valence-corrected chi connectivity index (χ1v) is 8.20. The predicted octanol–water partition coefficient (Wildman–Crippen LogP) is 3.61. The highest BCUT2D eigenvalue weighted by Gasteiger charge is 2.23. The topological polar surface area (TPSA) is 86.5 Å². The van der Waals surface area contributed by atoms with Gasteiger partial charge in [-0.2, -0.15) is 0 Å². The molecule has 1 saturated carbocycles. The molecule has 1 aliphatic rings. The third kappa shape index (κ3) is 2.91. The van der Waals surface area contributed by atoms with Gasteiger partial charge in [0.15, 0.2) is 5.58 Å². The van der Waals surface area contributed by atoms with Crippen molar-refractivity contribution < 1.29 is 19.1 Å². The molecule has 25 heavy (non-hydrogen) atoms. The number of nitrogens with one attached hydrogen (secondary N) is 1. The van der Waals surface area contributed by atoms with Crippen molar-refractivity contribution in [3.05, 3.63) is 59.0 Å². The molecule has 0 saturated heterocycles. The first kappa shape index (κ1) is 15.5. The molecule has 4 rings (SSSR count). The summed E-state index contributed by atoms with van der Waals surface area (Å²) in [6.45, 7) is 0.482. The zero-order valence-electron chi connectivity index (χ0n) is 13.8. The number of hydrogen-bond donors (Lipinski definition) is 2. The van der Waals surface area contributed by atoms with E-state index in [4.69, 9.17) is 9.52 Å². The Kier molecular flexibility index (Phi) is 3.60. The van der Waals surface area contributed by atoms with Crippen molar-refractivity contribution in [2.24, 2.45) is 0 Å². The number of fused-ring (bicyclic) bond motifs is 1. The van der Waals surface area contributed by atoms with E-state index in [-0.39, 0.29) is 11.5 Å². The average Bonchev–Trinajstić information content (AvgIpc) is 3.23. The summed E-state index contributed by atoms with van der Waals surface area (Å²) in [5.74, 6) is -0.594. The number of carbonyl (C=O) groups excluding carboxylic acids is 1. The van der Waals surface area contributed by atoms with Crippen LogP contribution in [0, 0.1) is 0 Å². The van der Waals surface area contributed by atoms with Gasteiger partial charge in [0.1, 0.15) is 17.5 Å². The van der Waals surface area contributed by atoms with Crippen molar-refractivity contribution in [3.8, 4) is 0 Å². The molecule has 128 valence electrons. The van der Waals surface area contributed by atoms with Crippen LogP contribution in [0.25, 0.3) is 11.1 Å². The van der Waals surface area contributed by atoms with Crippen LogP contribution in [0.1, 0.15) is 50.7 Å². The quantitative estimate of drug-likeness (QED) is 0.744. The molecule has 1 fully saturated rings. The SMILES string of the molecule is CN(Cc1ccc(C2CC2)cc1)C(=O)c1cc2occ(C(=O)O)c2[nH]1. The Balaban J connectivity index is 1.50. The van der Waals surface area contributed by atoms with Gasteiger partial charge in [-0.15, -0.1) is 0 Å². The van der Waals surface area contributed by atoms with Crippen molar-refractivity contribution in [1.82, 2.24) is 9.88 Å². The summed E-state index contributed by atoms with van der Waals surface area (Å²) in [4.78, 5) is 28.2. The predicted molar refractivity (Wildman–Crippen MR) is 91.7 cm³/mol. The van der Waals surface area contributed by atoms with Gasteiger partial charge in [-0.25, -0.2) is 4.79 Å². The van der Waals surface area contributed by atoms with E-state index in [1.54, 1.807) is 11.9 Å². The third-order valence-electron chi connectivity index (χ3n) is 4.61. The second-order valence-electron chi connectivity index (χ2n) is 6.55. The molecule has 0 atom stereocenters. The number of carboxylic acid groups (broad SMARTS) is 1. The Hall–Kier alpha value is -3.02. The summed E-state index contributed by atoms with van der Waals surface area (Å²) in [5, 5.41) is 9.11. The van der Waals surface area contributed by atoms with Gasteiger partial charge in [0.25, 0.3) is 5.91 Å². The number of H-pyrrole nitrogens is 1. The number of nitrogens with zero attached hydrogens (tertiary/aromatic N) is 1. The van der Waals surface area contributed by atoms with Gasteiger partial charge < -0.3 is 19.4 Å². The second-order valence-corrected chi connectivity index (χ2v) is 6.55. The van der Waals surface area contributed by atoms with E-state index in [2.05, 4.69) is 29.2 Å². The molecule has 2 N–H and O–H groups in total. The van der Waals surface area contributed by atoms with Gasteiger partial charge in [0, 0.05) is 19.7 Å². The molecule has 2 heterocycles. The van der Waals surface area contributed by atoms with Gasteiger partial charge in [0.2, 0.25) is 0 Å². The van der Waals surface area contributed by atoms with Crippen LogP contribution >= 0.6 is 0 Å². The first-order valence-electron chi connectivity index (χ1n) is 8.20. The fourth-order valence-electron chi connectivity index (χ4n) is 3.05. The number of amides is 1. The molecular formula is C19H18N2O4. The number of furan rings is 1. The standard InChI is InChI=1S/C19H18N2O4/c1-21(9-11-2-4-12(5-3-11)13-6-7-13)18(22)15-8-16-17(20-15)14(10-25-16)19(23)24/h2-5,8,10,13,20H,6-7,9H2,1H3,(H,23,24). The van der Waals surface area contributed by atoms with Crippen molar-refractivity contribution in [3.63, 3.8) is 0 Å². The Morgan fingerprint density at radius 3 is 2.64 bits per heavy atom. The molecule has 1 aliphatic carbocycles. The lowest BCUT2D eigenvalue weighted by Crippen LogP contribution is -2.26. The van der Waals surface area contributed by atoms with Gasteiger partial charge in [-0.3, -0.25) is 4.79 Å². The van der Waals surface area contributed by atoms with Crippen LogP contribution in [0.2, 0.25) is 0 Å². The van der Waals surface area contributed by atoms with Crippen LogP contribution < -0.4 is 0 Å². The van der Waals surface area contributed by atoms with Crippen LogP contribution in [0.15, 0.2) is 41.0 Å². The summed E-state index contributed by atoms with van der Waals surface area (Å²) in [7, 11) is 1.72. The first-order chi connectivity index (χ1) is 12.0. The molecule has 3 aromatic rings. The molecule has 0 bridgehead atoms. The molecule has 1 amide bonds. The number of carboxylic acids is 1. The van der Waals surface area contributed by atoms with E-state index in [0.29, 0.717) is 29.3 Å². The van der Waals surface area contributed by atoms with E-state index in [1.165, 1.54) is 30.7 Å². The lowest BCUT2D eigenvalue weighted by atomic mass is 10.1. The van der Waals surface area contributed by atoms with E-state index in [9.17, 15) is 9.59 Å². The molecule has 1 aromatic carbocycles. The van der Waals surface area contributed by atoms with Crippen LogP contribution in [0.5, 0.6) is 0 Å². The number of aromatic nitrogens is 1. The van der Waals surface area contributed by atoms with Crippen molar-refractivity contribution in [1.29, 1.82) is 0 Å². The van der Waals surface area contributed by atoms with E-state index in [0.717, 1.165) is 5.56 Å². The number of carbonyl (C=O) groups is 2. The highest BCUT2D eigenvalue weighted by atomic mass is 16.4. The van der Waals surface area contributed by atoms with Gasteiger partial charge in [-0.1, -0.05) is 24.3 Å². The number of aromatic amines is 1. The number of hydrogen-bond acceptors (Lipinski definition) is 3. The highest BCUT2D eigenvalue weighted by molar-refractivity contribution is 6.04. The Morgan fingerprint density at radius 2 is 2.00 bits per heavy atom. The Bertz CT molecular complexity index is 948. The fraction of sp³-hybridized carbons (Fsp3) is 0.263. The van der Waals surface area contributed by atoms with Crippen LogP contribution in [-0.4, -0.2) is 33.9 Å². The maximum Gasteiger partial charge on any atom is 0.341 e. The minimum Gasteiger partial charge on any atom is -0.477 e. The highest BCUT2D eigenvalue weighted by Crippen LogP contribution is 2.39. The minimum atomic E-state index is -1.09. The fourth-order valence-corrected chi connectivity index (χ4v) is 3.05. The molecule has 6 heteroatoms. The molecular weight excluding hydrogens is 320 g/mol. The van der Waals surface area contributed by atoms with Crippen LogP contribution in [0.3, 0.4) is 0 Å². The Morgan fingerprint density at radius 1 is 1.28 bits per heavy atom. The molecule has 0 unspecified atom stereocenters. The maximum atomic E-state index is 12.6. The molecule has 6 nitrogen and oxygen atoms in total. The van der Waals surface area contributed by atoms with Crippen molar-refractivity contribution in [2.45, 2.75) is 25.3 Å². The summed E-state index contributed by atoms with van der Waals surface area (Å²) < 4.78 is 5.20. The summed E-state index contributed by atoms with van der Waals surface area (Å²) in [6, 6.07) is 9.91. The van der Waals surface area contributed by atoms with Gasteiger partial charge >= 0.3 is 5.97 Å². The van der Waals surface area contributed by atoms with Crippen LogP contribution in [-0.2, 0) is 6.54 Å². The van der Waals surface area contributed by atoms with Crippen molar-refractivity contribution in [2.75, 3.05) is 7.05 Å². The smallest absolute Gasteiger partial charge is 0.341 e. The lowest BCUT2D eigenvalue weighted by molar-refractivity contribution is 0.0696. The molecule has 0 radical (unpaired) electrons. The zero-order valence-corrected chi connectivity index (χ0v) is 13.8. The largest absolute Gasteiger partial charge is 0.477 e. The average molecular weight is 338 g/mol. The van der Waals surface area contributed by atoms with E-state index < -0.39 is 5.97 Å².